The monoisotopic (exact) mass is 496 g/mol. The second kappa shape index (κ2) is 10.3. The normalized spacial score (nSPS) is 16.1. The summed E-state index contributed by atoms with van der Waals surface area (Å²) in [4.78, 5) is 2.39. The van der Waals surface area contributed by atoms with Gasteiger partial charge >= 0.3 is 6.36 Å². The lowest BCUT2D eigenvalue weighted by atomic mass is 9.93. The number of piperazine rings is 1. The van der Waals surface area contributed by atoms with Crippen LogP contribution in [0.5, 0.6) is 5.75 Å². The molecule has 0 bridgehead atoms. The molecule has 1 N–H and O–H groups in total. The first-order valence-corrected chi connectivity index (χ1v) is 10.5. The van der Waals surface area contributed by atoms with Gasteiger partial charge in [0.2, 0.25) is 0 Å². The highest BCUT2D eigenvalue weighted by molar-refractivity contribution is 5.85. The molecular formula is C25H25Cl2F3N2O. The summed E-state index contributed by atoms with van der Waals surface area (Å²) in [6.45, 7) is 3.54. The molecule has 1 saturated heterocycles. The van der Waals surface area contributed by atoms with Gasteiger partial charge in [0.1, 0.15) is 5.75 Å². The number of hydrogen-bond acceptors (Lipinski definition) is 3. The molecule has 3 aromatic carbocycles. The maximum absolute atomic E-state index is 12.6. The fraction of sp³-hybridized carbons (Fsp3) is 0.280. The summed E-state index contributed by atoms with van der Waals surface area (Å²) in [5.41, 5.74) is 7.33. The molecule has 2 aliphatic rings. The van der Waals surface area contributed by atoms with E-state index in [-0.39, 0.29) is 36.6 Å². The van der Waals surface area contributed by atoms with Crippen molar-refractivity contribution in [1.29, 1.82) is 0 Å². The van der Waals surface area contributed by atoms with Gasteiger partial charge in [-0.1, -0.05) is 54.6 Å². The zero-order valence-electron chi connectivity index (χ0n) is 17.8. The standard InChI is InChI=1S/C25H23F3N2O.2ClH/c26-25(27,28)31-21-8-5-17(6-9-21)24(30-13-11-29-12-14-30)19-7-10-23-20(16-19)15-18-3-1-2-4-22(18)23;;/h1-10,16,24,29H,11-15H2;2*1H/t24-;;/m1../s1. The minimum Gasteiger partial charge on any atom is -0.406 e. The molecule has 33 heavy (non-hydrogen) atoms. The largest absolute Gasteiger partial charge is 0.573 e. The molecule has 3 nitrogen and oxygen atoms in total. The number of nitrogens with one attached hydrogen (secondary N) is 1. The summed E-state index contributed by atoms with van der Waals surface area (Å²) in [6.07, 6.45) is -3.78. The third-order valence-corrected chi connectivity index (χ3v) is 6.08. The van der Waals surface area contributed by atoms with Crippen LogP contribution in [-0.2, 0) is 6.42 Å². The Hall–Kier alpha value is -2.25. The second-order valence-electron chi connectivity index (χ2n) is 8.06. The van der Waals surface area contributed by atoms with Gasteiger partial charge in [0.05, 0.1) is 6.04 Å². The van der Waals surface area contributed by atoms with Crippen LogP contribution in [0.3, 0.4) is 0 Å². The van der Waals surface area contributed by atoms with Crippen molar-refractivity contribution in [3.8, 4) is 16.9 Å². The first-order chi connectivity index (χ1) is 15.0. The fourth-order valence-corrected chi connectivity index (χ4v) is 4.74. The van der Waals surface area contributed by atoms with Gasteiger partial charge in [0.25, 0.3) is 0 Å². The highest BCUT2D eigenvalue weighted by Gasteiger charge is 2.31. The van der Waals surface area contributed by atoms with E-state index in [1.165, 1.54) is 34.4 Å². The molecule has 0 radical (unpaired) electrons. The number of rotatable bonds is 4. The van der Waals surface area contributed by atoms with Gasteiger partial charge in [0, 0.05) is 26.2 Å². The zero-order chi connectivity index (χ0) is 21.4. The fourth-order valence-electron chi connectivity index (χ4n) is 4.74. The van der Waals surface area contributed by atoms with Crippen LogP contribution < -0.4 is 10.1 Å². The molecule has 1 aliphatic heterocycles. The van der Waals surface area contributed by atoms with E-state index in [2.05, 4.69) is 57.4 Å². The molecule has 1 heterocycles. The van der Waals surface area contributed by atoms with Gasteiger partial charge in [-0.3, -0.25) is 4.90 Å². The molecule has 1 fully saturated rings. The van der Waals surface area contributed by atoms with E-state index < -0.39 is 6.36 Å². The van der Waals surface area contributed by atoms with Crippen molar-refractivity contribution in [1.82, 2.24) is 10.2 Å². The van der Waals surface area contributed by atoms with Gasteiger partial charge in [-0.15, -0.1) is 38.0 Å². The van der Waals surface area contributed by atoms with Gasteiger partial charge < -0.3 is 10.1 Å². The Morgan fingerprint density at radius 3 is 2.12 bits per heavy atom. The third kappa shape index (κ3) is 5.46. The predicted octanol–water partition coefficient (Wildman–Crippen LogP) is 5.99. The maximum atomic E-state index is 12.6. The summed E-state index contributed by atoms with van der Waals surface area (Å²) >= 11 is 0. The molecule has 0 aromatic heterocycles. The van der Waals surface area contributed by atoms with Crippen LogP contribution in [-0.4, -0.2) is 37.4 Å². The average Bonchev–Trinajstić information content (AvgIpc) is 3.13. The number of alkyl halides is 3. The van der Waals surface area contributed by atoms with Gasteiger partial charge in [0.15, 0.2) is 0 Å². The molecular weight excluding hydrogens is 472 g/mol. The average molecular weight is 497 g/mol. The second-order valence-corrected chi connectivity index (χ2v) is 8.06. The number of fused-ring (bicyclic) bond motifs is 3. The minimum atomic E-state index is -4.69. The van der Waals surface area contributed by atoms with Gasteiger partial charge in [-0.25, -0.2) is 0 Å². The Bertz CT molecular complexity index is 1080. The predicted molar refractivity (Wildman–Crippen MR) is 129 cm³/mol. The number of benzene rings is 3. The summed E-state index contributed by atoms with van der Waals surface area (Å²) < 4.78 is 41.7. The zero-order valence-corrected chi connectivity index (χ0v) is 19.4. The topological polar surface area (TPSA) is 24.5 Å². The Balaban J connectivity index is 0.00000153. The molecule has 8 heteroatoms. The smallest absolute Gasteiger partial charge is 0.406 e. The molecule has 3 aromatic rings. The van der Waals surface area contributed by atoms with E-state index in [4.69, 9.17) is 0 Å². The lowest BCUT2D eigenvalue weighted by molar-refractivity contribution is -0.274. The van der Waals surface area contributed by atoms with Crippen LogP contribution in [0.2, 0.25) is 0 Å². The van der Waals surface area contributed by atoms with Crippen molar-refractivity contribution in [3.05, 3.63) is 89.0 Å². The molecule has 176 valence electrons. The van der Waals surface area contributed by atoms with Crippen LogP contribution >= 0.6 is 24.8 Å². The van der Waals surface area contributed by atoms with Crippen molar-refractivity contribution >= 4 is 24.8 Å². The molecule has 0 spiro atoms. The molecule has 5 rings (SSSR count). The van der Waals surface area contributed by atoms with E-state index >= 15 is 0 Å². The van der Waals surface area contributed by atoms with E-state index in [0.717, 1.165) is 43.7 Å². The summed E-state index contributed by atoms with van der Waals surface area (Å²) in [5, 5.41) is 3.37. The van der Waals surface area contributed by atoms with Crippen LogP contribution in [0.4, 0.5) is 13.2 Å². The van der Waals surface area contributed by atoms with Gasteiger partial charge in [-0.05, 0) is 51.9 Å². The van der Waals surface area contributed by atoms with Crippen LogP contribution in [0, 0.1) is 0 Å². The van der Waals surface area contributed by atoms with E-state index in [1.54, 1.807) is 12.1 Å². The Kier molecular flexibility index (Phi) is 7.96. The summed E-state index contributed by atoms with van der Waals surface area (Å²) in [5.74, 6) is -0.195. The number of halogens is 5. The number of nitrogens with zero attached hydrogens (tertiary/aromatic N) is 1. The van der Waals surface area contributed by atoms with Crippen LogP contribution in [0.15, 0.2) is 66.7 Å². The minimum absolute atomic E-state index is 0. The lowest BCUT2D eigenvalue weighted by Crippen LogP contribution is -2.45. The SMILES string of the molecule is Cl.Cl.FC(F)(F)Oc1ccc([C@H](c2ccc3c(c2)Cc2ccccc2-3)N2CCNCC2)cc1. The van der Waals surface area contributed by atoms with Crippen molar-refractivity contribution in [2.75, 3.05) is 26.2 Å². The first-order valence-electron chi connectivity index (χ1n) is 10.5. The summed E-state index contributed by atoms with van der Waals surface area (Å²) in [7, 11) is 0. The Morgan fingerprint density at radius 1 is 0.788 bits per heavy atom. The van der Waals surface area contributed by atoms with Crippen molar-refractivity contribution in [3.63, 3.8) is 0 Å². The van der Waals surface area contributed by atoms with Gasteiger partial charge in [-0.2, -0.15) is 0 Å². The first kappa shape index (κ1) is 25.4. The highest BCUT2D eigenvalue weighted by atomic mass is 35.5. The number of hydrogen-bond donors (Lipinski definition) is 1. The summed E-state index contributed by atoms with van der Waals surface area (Å²) in [6, 6.07) is 21.4. The van der Waals surface area contributed by atoms with E-state index in [9.17, 15) is 13.2 Å². The quantitative estimate of drug-likeness (QED) is 0.375. The molecule has 0 saturated carbocycles. The molecule has 1 aliphatic carbocycles. The highest BCUT2D eigenvalue weighted by Crippen LogP contribution is 2.39. The van der Waals surface area contributed by atoms with E-state index in [1.807, 2.05) is 0 Å². The molecule has 0 amide bonds. The molecule has 1 atom stereocenters. The number of ether oxygens (including phenoxy) is 1. The third-order valence-electron chi connectivity index (χ3n) is 6.08. The van der Waals surface area contributed by atoms with E-state index in [0.29, 0.717) is 0 Å². The Morgan fingerprint density at radius 2 is 1.42 bits per heavy atom. The van der Waals surface area contributed by atoms with Crippen molar-refractivity contribution in [2.24, 2.45) is 0 Å². The van der Waals surface area contributed by atoms with Crippen molar-refractivity contribution < 1.29 is 17.9 Å². The maximum Gasteiger partial charge on any atom is 0.573 e. The van der Waals surface area contributed by atoms with Crippen LogP contribution in [0.25, 0.3) is 11.1 Å². The lowest BCUT2D eigenvalue weighted by Gasteiger charge is -2.36. The van der Waals surface area contributed by atoms with Crippen molar-refractivity contribution in [2.45, 2.75) is 18.8 Å². The molecule has 0 unspecified atom stereocenters. The Labute approximate surface area is 203 Å². The van der Waals surface area contributed by atoms with Crippen LogP contribution in [0.1, 0.15) is 28.3 Å².